The van der Waals surface area contributed by atoms with E-state index in [1.54, 1.807) is 42.4 Å². The molecule has 2 aliphatic carbocycles. The first-order valence-electron chi connectivity index (χ1n) is 33.3. The highest BCUT2D eigenvalue weighted by atomic mass is 16.7. The Labute approximate surface area is 576 Å². The molecule has 540 valence electrons. The molecule has 3 aromatic rings. The van der Waals surface area contributed by atoms with E-state index < -0.39 is 132 Å². The van der Waals surface area contributed by atoms with Crippen LogP contribution >= 0.6 is 0 Å². The first-order valence-corrected chi connectivity index (χ1v) is 33.3. The number of hydrazine groups is 2. The first-order chi connectivity index (χ1) is 47.8. The Bertz CT molecular complexity index is 3680. The Balaban J connectivity index is 0.722. The molecule has 32 heteroatoms. The maximum Gasteiger partial charge on any atom is 0.409 e. The number of carbonyl (C=O) groups is 10. The summed E-state index contributed by atoms with van der Waals surface area (Å²) in [4.78, 5) is 138. The van der Waals surface area contributed by atoms with Crippen LogP contribution in [-0.2, 0) is 70.2 Å². The number of aromatic hydroxyl groups is 2. The minimum absolute atomic E-state index is 0.0495. The van der Waals surface area contributed by atoms with Gasteiger partial charge in [0, 0.05) is 126 Å². The average Bonchev–Trinajstić information content (AvgIpc) is 0.866. The Kier molecular flexibility index (Phi) is 23.4. The van der Waals surface area contributed by atoms with Crippen molar-refractivity contribution in [3.63, 3.8) is 0 Å². The third-order valence-electron chi connectivity index (χ3n) is 19.0. The monoisotopic (exact) mass is 1390 g/mol. The van der Waals surface area contributed by atoms with Crippen LogP contribution in [0.4, 0.5) is 20.1 Å². The van der Waals surface area contributed by atoms with E-state index in [2.05, 4.69) is 31.8 Å². The second-order valence-corrected chi connectivity index (χ2v) is 26.0. The molecule has 0 radical (unpaired) electrons. The fourth-order valence-corrected chi connectivity index (χ4v) is 13.5. The molecule has 3 saturated heterocycles. The molecule has 100 heavy (non-hydrogen) atoms. The Morgan fingerprint density at radius 3 is 2.26 bits per heavy atom. The molecule has 3 fully saturated rings. The van der Waals surface area contributed by atoms with Gasteiger partial charge in [0.15, 0.2) is 31.2 Å². The van der Waals surface area contributed by atoms with Crippen LogP contribution < -0.4 is 37.4 Å². The van der Waals surface area contributed by atoms with Gasteiger partial charge in [0.05, 0.1) is 54.4 Å². The van der Waals surface area contributed by atoms with Crippen LogP contribution in [0.3, 0.4) is 0 Å². The number of nitrogens with zero attached hydrogens (tertiary/aromatic N) is 5. The van der Waals surface area contributed by atoms with Crippen molar-refractivity contribution in [1.82, 2.24) is 46.2 Å². The van der Waals surface area contributed by atoms with Crippen molar-refractivity contribution in [2.45, 2.75) is 152 Å². The van der Waals surface area contributed by atoms with Crippen LogP contribution in [0.1, 0.15) is 133 Å². The lowest BCUT2D eigenvalue weighted by Crippen LogP contribution is -2.55. The highest BCUT2D eigenvalue weighted by molar-refractivity contribution is 6.31. The number of amides is 8. The van der Waals surface area contributed by atoms with Crippen LogP contribution in [0.25, 0.3) is 0 Å². The minimum Gasteiger partial charge on any atom is -0.507 e. The maximum absolute atomic E-state index is 14.4. The number of likely N-dealkylation sites (N-methyl/N-ethyl adjacent to an activating group) is 2. The second-order valence-electron chi connectivity index (χ2n) is 26.0. The number of nitrogens with two attached hydrogens (primary N) is 1. The summed E-state index contributed by atoms with van der Waals surface area (Å²) in [5.74, 6) is -5.46. The van der Waals surface area contributed by atoms with E-state index in [1.165, 1.54) is 68.5 Å². The van der Waals surface area contributed by atoms with Gasteiger partial charge in [-0.15, -0.1) is 5.53 Å². The summed E-state index contributed by atoms with van der Waals surface area (Å²) in [6.45, 7) is 5.76. The lowest BCUT2D eigenvalue weighted by atomic mass is 9.72. The molecule has 0 spiro atoms. The molecular formula is C68H87N11O21. The van der Waals surface area contributed by atoms with Crippen LogP contribution in [0.15, 0.2) is 66.5 Å². The van der Waals surface area contributed by atoms with Gasteiger partial charge in [0.2, 0.25) is 23.4 Å². The molecule has 0 aromatic heterocycles. The number of Topliss-reactive ketones (excluding diaryl/α,β-unsaturated/α-hetero) is 1. The fourth-order valence-electron chi connectivity index (χ4n) is 13.5. The van der Waals surface area contributed by atoms with Crippen molar-refractivity contribution in [3.05, 3.63) is 105 Å². The topological polar surface area (TPSA) is 408 Å². The van der Waals surface area contributed by atoms with Gasteiger partial charge < -0.3 is 90.1 Å². The Morgan fingerprint density at radius 2 is 1.57 bits per heavy atom. The zero-order valence-corrected chi connectivity index (χ0v) is 56.8. The van der Waals surface area contributed by atoms with E-state index in [4.69, 9.17) is 43.6 Å². The number of methoxy groups -OCH3 is 2. The quantitative estimate of drug-likeness (QED) is 0.0214. The highest BCUT2D eigenvalue weighted by Crippen LogP contribution is 2.53. The number of morpholine rings is 1. The molecular weight excluding hydrogens is 1310 g/mol. The number of aliphatic hydroxyl groups is 1. The van der Waals surface area contributed by atoms with Crippen molar-refractivity contribution in [3.8, 4) is 17.2 Å². The number of ketones is 3. The number of anilines is 1. The molecule has 0 bridgehead atoms. The molecule has 3 aromatic carbocycles. The number of ether oxygens (including phenoxy) is 8. The number of urea groups is 1. The second kappa shape index (κ2) is 31.9. The van der Waals surface area contributed by atoms with Gasteiger partial charge in [0.25, 0.3) is 11.8 Å². The smallest absolute Gasteiger partial charge is 0.409 e. The molecule has 8 amide bonds. The third-order valence-corrected chi connectivity index (χ3v) is 19.0. The number of primary amides is 1. The largest absolute Gasteiger partial charge is 0.507 e. The lowest BCUT2D eigenvalue weighted by molar-refractivity contribution is -0.256. The van der Waals surface area contributed by atoms with E-state index >= 15 is 0 Å². The predicted molar refractivity (Wildman–Crippen MR) is 351 cm³/mol. The van der Waals surface area contributed by atoms with E-state index in [-0.39, 0.29) is 103 Å². The van der Waals surface area contributed by atoms with E-state index in [0.29, 0.717) is 75.2 Å². The number of rotatable bonds is 29. The number of phenols is 2. The zero-order valence-electron chi connectivity index (χ0n) is 56.8. The van der Waals surface area contributed by atoms with Crippen LogP contribution in [0.5, 0.6) is 17.2 Å². The number of benzene rings is 3. The molecule has 0 unspecified atom stereocenters. The molecule has 32 nitrogen and oxygen atoms in total. The molecule has 0 saturated carbocycles. The SMILES string of the molecule is COc1cccc2c1C(=O)c1c(O)c3c(c(O)c1C2=O)C[C@@](O)(C(=O)COC(=O)N(C)CCN(C)C(=O)OCc1ccc(NC(=O)[C@H](CCCCNC(N)=O)N2C=C([C@@H](NC(=O)CCCCCN4C(=O)C=CC4=O)C(C)C)NN2)cc1)C[C@@H]3O[C@H]1C[C@H]2[C@H](O[C@@H]3[C@@H](OC)OCCN32)[C@H](C)O1. The minimum atomic E-state index is -2.48. The first kappa shape index (κ1) is 73.4. The number of fused-ring (bicyclic) bond motifs is 6. The Morgan fingerprint density at radius 1 is 0.860 bits per heavy atom. The fraction of sp³-hybridized carbons (Fsp3) is 0.529. The summed E-state index contributed by atoms with van der Waals surface area (Å²) in [6, 6.07) is 8.72. The standard InChI is InChI=1S/C68H87N11O21/c1-36(2)56(72-48(81)17-9-8-12-25-78-49(82)22-23-50(78)83)42-33-79(74-73-42)43(15-10-11-24-70-65(69)89)62(88)71-39-20-18-38(19-21-39)34-96-66(90)75(4)26-27-76(5)67(91)97-35-47(80)68(92)31-41-53(60(87)55-54(58(41)85)57(84)40-14-13-16-45(93-6)52(40)59(55)86)46(32-68)99-51-30-44-61(37(3)98-51)100-63-64(94-7)95-29-28-77(44)63/h13-14,16,18-23,33,36-37,43-44,46,51,56,61,63-64,73-74,85,87,92H,8-12,15,17,24-32,34-35H2,1-7H3,(H,71,88)(H,72,81)(H3,69,70,89)/t37-,43-,44-,46-,51-,56-,61+,63+,64-,68-/m0/s1. The highest BCUT2D eigenvalue weighted by Gasteiger charge is 2.56. The van der Waals surface area contributed by atoms with E-state index in [1.807, 2.05) is 13.8 Å². The number of unbranched alkanes of at least 4 members (excludes halogenated alkanes) is 3. The van der Waals surface area contributed by atoms with Gasteiger partial charge >= 0.3 is 18.2 Å². The van der Waals surface area contributed by atoms with Crippen LogP contribution in [0.2, 0.25) is 0 Å². The third kappa shape index (κ3) is 16.1. The van der Waals surface area contributed by atoms with Crippen LogP contribution in [0, 0.1) is 5.92 Å². The van der Waals surface area contributed by atoms with E-state index in [0.717, 1.165) is 4.90 Å². The average molecular weight is 1390 g/mol. The Hall–Kier alpha value is -9.28. The summed E-state index contributed by atoms with van der Waals surface area (Å²) in [5, 5.41) is 46.9. The molecule has 10 rings (SSSR count). The molecule has 7 aliphatic rings. The van der Waals surface area contributed by atoms with Crippen molar-refractivity contribution in [1.29, 1.82) is 0 Å². The number of hydrogen-bond donors (Lipinski definition) is 9. The van der Waals surface area contributed by atoms with Crippen molar-refractivity contribution in [2.24, 2.45) is 11.7 Å². The molecule has 5 heterocycles. The summed E-state index contributed by atoms with van der Waals surface area (Å²) in [7, 11) is 5.63. The lowest BCUT2D eigenvalue weighted by Gasteiger charge is -2.43. The van der Waals surface area contributed by atoms with Crippen molar-refractivity contribution < 1.29 is 101 Å². The maximum atomic E-state index is 14.4. The summed E-state index contributed by atoms with van der Waals surface area (Å²) in [5.41, 5.74) is 8.79. The normalized spacial score (nSPS) is 23.4. The zero-order chi connectivity index (χ0) is 71.9. The molecule has 5 aliphatic heterocycles. The number of nitrogens with one attached hydrogen (secondary N) is 5. The van der Waals surface area contributed by atoms with Gasteiger partial charge in [0.1, 0.15) is 41.6 Å². The van der Waals surface area contributed by atoms with Crippen LogP contribution in [-0.4, -0.2) is 228 Å². The number of phenolic OH excluding ortho intramolecular Hbond substituents is 2. The van der Waals surface area contributed by atoms with Gasteiger partial charge in [-0.2, -0.15) is 0 Å². The van der Waals surface area contributed by atoms with Crippen molar-refractivity contribution in [2.75, 3.05) is 79.6 Å². The number of carbonyl (C=O) groups excluding carboxylic acids is 10. The summed E-state index contributed by atoms with van der Waals surface area (Å²) >= 11 is 0. The number of hydrogen-bond acceptors (Lipinski definition) is 25. The van der Waals surface area contributed by atoms with Gasteiger partial charge in [-0.05, 0) is 68.7 Å². The molecule has 10 N–H and O–H groups in total. The van der Waals surface area contributed by atoms with Gasteiger partial charge in [-0.1, -0.05) is 44.5 Å². The van der Waals surface area contributed by atoms with Gasteiger partial charge in [-0.25, -0.2) is 14.4 Å². The summed E-state index contributed by atoms with van der Waals surface area (Å²) in [6.07, 6.45) is -0.192. The van der Waals surface area contributed by atoms with Gasteiger partial charge in [-0.3, -0.25) is 48.4 Å². The number of imide groups is 1. The predicted octanol–water partition coefficient (Wildman–Crippen LogP) is 2.99. The van der Waals surface area contributed by atoms with Crippen molar-refractivity contribution >= 4 is 64.9 Å². The summed E-state index contributed by atoms with van der Waals surface area (Å²) < 4.78 is 47.1. The van der Waals surface area contributed by atoms with E-state index in [9.17, 15) is 63.3 Å². The molecule has 10 atom stereocenters.